The first-order valence-corrected chi connectivity index (χ1v) is 10.1. The Morgan fingerprint density at radius 1 is 1.22 bits per heavy atom. The lowest BCUT2D eigenvalue weighted by molar-refractivity contribution is -0.137. The largest absolute Gasteiger partial charge is 0.510 e. The number of alkyl halides is 3. The highest BCUT2D eigenvalue weighted by molar-refractivity contribution is 7.08. The van der Waals surface area contributed by atoms with Crippen LogP contribution in [0.3, 0.4) is 0 Å². The maximum atomic E-state index is 13.5. The highest BCUT2D eigenvalue weighted by Gasteiger charge is 2.32. The van der Waals surface area contributed by atoms with Gasteiger partial charge in [-0.25, -0.2) is 4.79 Å². The zero-order valence-corrected chi connectivity index (χ0v) is 17.7. The van der Waals surface area contributed by atoms with E-state index in [1.807, 2.05) is 6.07 Å². The summed E-state index contributed by atoms with van der Waals surface area (Å²) >= 11 is 1.34. The maximum absolute atomic E-state index is 13.5. The van der Waals surface area contributed by atoms with Crippen molar-refractivity contribution in [2.45, 2.75) is 19.3 Å². The summed E-state index contributed by atoms with van der Waals surface area (Å²) in [5, 5.41) is 21.0. The van der Waals surface area contributed by atoms with Gasteiger partial charge in [-0.1, -0.05) is 0 Å². The fourth-order valence-electron chi connectivity index (χ4n) is 2.71. The van der Waals surface area contributed by atoms with Crippen molar-refractivity contribution in [3.8, 4) is 28.5 Å². The average Bonchev–Trinajstić information content (AvgIpc) is 3.43. The molecular formula is C20H17F3N4O4S. The van der Waals surface area contributed by atoms with Gasteiger partial charge in [0.2, 0.25) is 6.23 Å². The normalized spacial score (nSPS) is 12.2. The topological polar surface area (TPSA) is 99.3 Å². The Balaban J connectivity index is 1.96. The van der Waals surface area contributed by atoms with Crippen LogP contribution in [-0.2, 0) is 20.4 Å². The van der Waals surface area contributed by atoms with E-state index in [0.717, 1.165) is 16.9 Å². The van der Waals surface area contributed by atoms with E-state index in [-0.39, 0.29) is 30.2 Å². The first kappa shape index (κ1) is 23.2. The van der Waals surface area contributed by atoms with Crippen molar-refractivity contribution in [3.05, 3.63) is 46.3 Å². The minimum absolute atomic E-state index is 0.0289. The van der Waals surface area contributed by atoms with Gasteiger partial charge in [0, 0.05) is 12.7 Å². The molecule has 0 N–H and O–H groups in total. The van der Waals surface area contributed by atoms with Gasteiger partial charge in [-0.15, -0.1) is 15.0 Å². The van der Waals surface area contributed by atoms with E-state index in [2.05, 4.69) is 10.2 Å². The van der Waals surface area contributed by atoms with Crippen molar-refractivity contribution in [1.82, 2.24) is 15.0 Å². The smallest absolute Gasteiger partial charge is 0.432 e. The first-order chi connectivity index (χ1) is 15.2. The van der Waals surface area contributed by atoms with E-state index in [1.54, 1.807) is 16.8 Å². The van der Waals surface area contributed by atoms with Crippen LogP contribution in [0.4, 0.5) is 18.0 Å². The van der Waals surface area contributed by atoms with Gasteiger partial charge < -0.3 is 14.2 Å². The summed E-state index contributed by atoms with van der Waals surface area (Å²) in [6.07, 6.45) is -6.69. The van der Waals surface area contributed by atoms with Crippen LogP contribution in [0.1, 0.15) is 24.4 Å². The summed E-state index contributed by atoms with van der Waals surface area (Å²) in [6, 6.07) is 6.93. The number of methoxy groups -OCH3 is 1. The second-order valence-corrected chi connectivity index (χ2v) is 7.23. The van der Waals surface area contributed by atoms with E-state index >= 15 is 0 Å². The molecule has 12 heteroatoms. The van der Waals surface area contributed by atoms with Crippen LogP contribution in [-0.4, -0.2) is 41.5 Å². The van der Waals surface area contributed by atoms with Crippen LogP contribution in [0.15, 0.2) is 35.0 Å². The number of carbonyl (C=O) groups excluding carboxylic acids is 1. The minimum Gasteiger partial charge on any atom is -0.432 e. The number of nitrogens with zero attached hydrogens (tertiary/aromatic N) is 4. The molecule has 1 atom stereocenters. The fourth-order valence-corrected chi connectivity index (χ4v) is 3.37. The van der Waals surface area contributed by atoms with Gasteiger partial charge in [-0.05, 0) is 53.1 Å². The van der Waals surface area contributed by atoms with E-state index in [4.69, 9.17) is 14.2 Å². The zero-order valence-electron chi connectivity index (χ0n) is 16.9. The molecule has 1 unspecified atom stereocenters. The number of carbonyl (C=O) groups is 1. The molecular weight excluding hydrogens is 449 g/mol. The van der Waals surface area contributed by atoms with Crippen LogP contribution in [0.2, 0.25) is 0 Å². The van der Waals surface area contributed by atoms with E-state index < -0.39 is 24.1 Å². The SMILES string of the molecule is COCCOC(=O)OC(C)n1nc(C#N)c(-c2cc(-c3ccsc3)cc(C(F)(F)F)c2)n1. The van der Waals surface area contributed by atoms with Crippen molar-refractivity contribution in [2.75, 3.05) is 20.3 Å². The van der Waals surface area contributed by atoms with Crippen LogP contribution in [0.5, 0.6) is 0 Å². The summed E-state index contributed by atoms with van der Waals surface area (Å²) in [5.41, 5.74) is -0.203. The molecule has 0 saturated carbocycles. The third-order valence-electron chi connectivity index (χ3n) is 4.22. The van der Waals surface area contributed by atoms with Crippen LogP contribution >= 0.6 is 11.3 Å². The molecule has 168 valence electrons. The molecule has 0 aliphatic carbocycles. The Morgan fingerprint density at radius 3 is 2.59 bits per heavy atom. The number of hydrogen-bond donors (Lipinski definition) is 0. The second kappa shape index (κ2) is 9.80. The molecule has 0 fully saturated rings. The lowest BCUT2D eigenvalue weighted by Gasteiger charge is -2.12. The molecule has 1 aromatic carbocycles. The second-order valence-electron chi connectivity index (χ2n) is 6.45. The van der Waals surface area contributed by atoms with Crippen LogP contribution in [0.25, 0.3) is 22.4 Å². The van der Waals surface area contributed by atoms with Gasteiger partial charge in [0.15, 0.2) is 5.69 Å². The van der Waals surface area contributed by atoms with Crippen molar-refractivity contribution in [2.24, 2.45) is 0 Å². The monoisotopic (exact) mass is 466 g/mol. The lowest BCUT2D eigenvalue weighted by atomic mass is 9.99. The molecule has 2 aromatic heterocycles. The van der Waals surface area contributed by atoms with Crippen LogP contribution in [0, 0.1) is 11.3 Å². The Bertz CT molecular complexity index is 1120. The molecule has 0 saturated heterocycles. The first-order valence-electron chi connectivity index (χ1n) is 9.17. The third kappa shape index (κ3) is 5.43. The summed E-state index contributed by atoms with van der Waals surface area (Å²) in [4.78, 5) is 12.6. The lowest BCUT2D eigenvalue weighted by Crippen LogP contribution is -2.19. The number of nitriles is 1. The number of aromatic nitrogens is 3. The molecule has 2 heterocycles. The Hall–Kier alpha value is -3.43. The molecule has 3 aromatic rings. The Morgan fingerprint density at radius 2 is 1.97 bits per heavy atom. The average molecular weight is 466 g/mol. The Kier molecular flexibility index (Phi) is 7.12. The molecule has 0 spiro atoms. The van der Waals surface area contributed by atoms with Crippen LogP contribution < -0.4 is 0 Å². The van der Waals surface area contributed by atoms with Crippen molar-refractivity contribution in [1.29, 1.82) is 5.26 Å². The number of rotatable bonds is 7. The van der Waals surface area contributed by atoms with E-state index in [9.17, 15) is 23.2 Å². The van der Waals surface area contributed by atoms with E-state index in [1.165, 1.54) is 31.4 Å². The molecule has 0 bridgehead atoms. The number of benzene rings is 1. The number of halogens is 3. The van der Waals surface area contributed by atoms with Crippen molar-refractivity contribution in [3.63, 3.8) is 0 Å². The quantitative estimate of drug-likeness (QED) is 0.361. The molecule has 0 amide bonds. The number of hydrogen-bond acceptors (Lipinski definition) is 8. The predicted octanol–water partition coefficient (Wildman–Crippen LogP) is 4.88. The molecule has 32 heavy (non-hydrogen) atoms. The Labute approximate surface area is 184 Å². The number of ether oxygens (including phenoxy) is 3. The molecule has 0 aliphatic rings. The van der Waals surface area contributed by atoms with Gasteiger partial charge in [0.1, 0.15) is 18.4 Å². The van der Waals surface area contributed by atoms with Crippen molar-refractivity contribution < 1.29 is 32.2 Å². The standard InChI is InChI=1S/C20H17F3N4O4S/c1-12(31-19(28)30-5-4-29-2)27-25-17(10-24)18(26-27)15-7-14(13-3-6-32-11-13)8-16(9-15)20(21,22)23/h3,6-9,11-12H,4-5H2,1-2H3. The third-order valence-corrected chi connectivity index (χ3v) is 4.91. The summed E-state index contributed by atoms with van der Waals surface area (Å²) < 4.78 is 55.1. The summed E-state index contributed by atoms with van der Waals surface area (Å²) in [5.74, 6) is 0. The van der Waals surface area contributed by atoms with Gasteiger partial charge >= 0.3 is 12.3 Å². The van der Waals surface area contributed by atoms with Gasteiger partial charge in [0.05, 0.1) is 12.2 Å². The highest BCUT2D eigenvalue weighted by atomic mass is 32.1. The zero-order chi connectivity index (χ0) is 23.3. The van der Waals surface area contributed by atoms with Gasteiger partial charge in [-0.2, -0.15) is 29.8 Å². The molecule has 0 radical (unpaired) electrons. The maximum Gasteiger partial charge on any atom is 0.510 e. The fraction of sp³-hybridized carbons (Fsp3) is 0.300. The predicted molar refractivity (Wildman–Crippen MR) is 108 cm³/mol. The highest BCUT2D eigenvalue weighted by Crippen LogP contribution is 2.37. The molecule has 0 aliphatic heterocycles. The number of thiophene rings is 1. The van der Waals surface area contributed by atoms with Gasteiger partial charge in [0.25, 0.3) is 0 Å². The summed E-state index contributed by atoms with van der Waals surface area (Å²) in [7, 11) is 1.44. The minimum atomic E-state index is -4.61. The van der Waals surface area contributed by atoms with E-state index in [0.29, 0.717) is 11.1 Å². The van der Waals surface area contributed by atoms with Crippen molar-refractivity contribution >= 4 is 17.5 Å². The van der Waals surface area contributed by atoms with Gasteiger partial charge in [-0.3, -0.25) is 0 Å². The molecule has 3 rings (SSSR count). The summed E-state index contributed by atoms with van der Waals surface area (Å²) in [6.45, 7) is 1.57. The molecule has 8 nitrogen and oxygen atoms in total.